The summed E-state index contributed by atoms with van der Waals surface area (Å²) in [6, 6.07) is 4.27. The fraction of sp³-hybridized carbons (Fsp3) is 0.273. The molecule has 2 amide bonds. The summed E-state index contributed by atoms with van der Waals surface area (Å²) < 4.78 is 0. The van der Waals surface area contributed by atoms with E-state index in [4.69, 9.17) is 34.1 Å². The molecule has 0 fully saturated rings. The highest BCUT2D eigenvalue weighted by atomic mass is 35.5. The number of nitrogens with two attached hydrogens (primary N) is 1. The van der Waals surface area contributed by atoms with Crippen LogP contribution in [0.2, 0.25) is 10.0 Å². The molecule has 0 saturated heterocycles. The van der Waals surface area contributed by atoms with Crippen LogP contribution in [-0.2, 0) is 0 Å². The van der Waals surface area contributed by atoms with Crippen molar-refractivity contribution >= 4 is 40.8 Å². The van der Waals surface area contributed by atoms with E-state index in [0.717, 1.165) is 0 Å². The molecule has 1 atom stereocenters. The molecule has 0 aliphatic rings. The smallest absolute Gasteiger partial charge is 0.319 e. The van der Waals surface area contributed by atoms with Gasteiger partial charge in [0, 0.05) is 28.2 Å². The van der Waals surface area contributed by atoms with Crippen LogP contribution in [0.3, 0.4) is 0 Å². The maximum Gasteiger partial charge on any atom is 0.319 e. The molecule has 1 unspecified atom stereocenters. The van der Waals surface area contributed by atoms with Gasteiger partial charge in [-0.15, -0.1) is 0 Å². The standard InChI is InChI=1S/C11H14Cl2N4O2/c1-6(10(14)17-19)5-15-11(18)16-9-3-7(12)2-8(13)4-9/h2-4,6,19H,5H2,1H3,(H2,14,17)(H2,15,16,18). The summed E-state index contributed by atoms with van der Waals surface area (Å²) in [6.07, 6.45) is 0. The van der Waals surface area contributed by atoms with Crippen LogP contribution in [0, 0.1) is 5.92 Å². The minimum Gasteiger partial charge on any atom is -0.409 e. The SMILES string of the molecule is CC(CNC(=O)Nc1cc(Cl)cc(Cl)c1)/C(N)=N/O. The zero-order valence-electron chi connectivity index (χ0n) is 10.2. The van der Waals surface area contributed by atoms with E-state index in [1.54, 1.807) is 25.1 Å². The second-order valence-corrected chi connectivity index (χ2v) is 4.79. The van der Waals surface area contributed by atoms with Crippen molar-refractivity contribution in [2.75, 3.05) is 11.9 Å². The topological polar surface area (TPSA) is 99.7 Å². The van der Waals surface area contributed by atoms with E-state index < -0.39 is 6.03 Å². The Morgan fingerprint density at radius 1 is 1.42 bits per heavy atom. The number of anilines is 1. The van der Waals surface area contributed by atoms with E-state index in [2.05, 4.69) is 15.8 Å². The number of halogens is 2. The molecule has 1 aromatic rings. The number of hydrogen-bond acceptors (Lipinski definition) is 3. The molecule has 0 heterocycles. The summed E-state index contributed by atoms with van der Waals surface area (Å²) in [5.41, 5.74) is 5.87. The monoisotopic (exact) mass is 304 g/mol. The van der Waals surface area contributed by atoms with Gasteiger partial charge in [0.2, 0.25) is 0 Å². The first-order valence-corrected chi connectivity index (χ1v) is 6.16. The first-order chi connectivity index (χ1) is 8.92. The van der Waals surface area contributed by atoms with Crippen molar-refractivity contribution in [2.24, 2.45) is 16.8 Å². The zero-order chi connectivity index (χ0) is 14.4. The minimum absolute atomic E-state index is 0.0473. The Labute approximate surface area is 120 Å². The predicted molar refractivity (Wildman–Crippen MR) is 76.1 cm³/mol. The molecule has 8 heteroatoms. The summed E-state index contributed by atoms with van der Waals surface area (Å²) >= 11 is 11.6. The second kappa shape index (κ2) is 7.06. The Kier molecular flexibility index (Phi) is 5.72. The van der Waals surface area contributed by atoms with Crippen LogP contribution in [0.25, 0.3) is 0 Å². The average molecular weight is 305 g/mol. The summed E-state index contributed by atoms with van der Waals surface area (Å²) in [5.74, 6) is -0.232. The second-order valence-electron chi connectivity index (χ2n) is 3.92. The average Bonchev–Trinajstić information content (AvgIpc) is 2.33. The lowest BCUT2D eigenvalue weighted by Gasteiger charge is -2.12. The Bertz CT molecular complexity index is 473. The number of benzene rings is 1. The first-order valence-electron chi connectivity index (χ1n) is 5.40. The number of urea groups is 1. The quantitative estimate of drug-likeness (QED) is 0.297. The van der Waals surface area contributed by atoms with Crippen LogP contribution in [0.15, 0.2) is 23.4 Å². The summed E-state index contributed by atoms with van der Waals surface area (Å²) in [5, 5.41) is 17.3. The summed E-state index contributed by atoms with van der Waals surface area (Å²) in [6.45, 7) is 1.95. The van der Waals surface area contributed by atoms with Crippen molar-refractivity contribution in [3.8, 4) is 0 Å². The maximum absolute atomic E-state index is 11.6. The van der Waals surface area contributed by atoms with Gasteiger partial charge in [-0.25, -0.2) is 4.79 Å². The van der Waals surface area contributed by atoms with Gasteiger partial charge >= 0.3 is 6.03 Å². The molecule has 0 aromatic heterocycles. The van der Waals surface area contributed by atoms with E-state index in [1.165, 1.54) is 0 Å². The fourth-order valence-corrected chi connectivity index (χ4v) is 1.78. The third-order valence-corrected chi connectivity index (χ3v) is 2.75. The number of hydrogen-bond donors (Lipinski definition) is 4. The molecule has 104 valence electrons. The van der Waals surface area contributed by atoms with Crippen LogP contribution < -0.4 is 16.4 Å². The number of amidine groups is 1. The third kappa shape index (κ3) is 5.23. The number of carbonyl (C=O) groups excluding carboxylic acids is 1. The van der Waals surface area contributed by atoms with Gasteiger partial charge in [0.05, 0.1) is 0 Å². The molecule has 0 bridgehead atoms. The molecule has 0 saturated carbocycles. The summed E-state index contributed by atoms with van der Waals surface area (Å²) in [7, 11) is 0. The molecule has 1 rings (SSSR count). The van der Waals surface area contributed by atoms with Gasteiger partial charge in [0.15, 0.2) is 0 Å². The number of amides is 2. The minimum atomic E-state index is -0.434. The number of oxime groups is 1. The van der Waals surface area contributed by atoms with Gasteiger partial charge in [0.1, 0.15) is 5.84 Å². The fourth-order valence-electron chi connectivity index (χ4n) is 1.25. The van der Waals surface area contributed by atoms with Crippen molar-refractivity contribution in [1.29, 1.82) is 0 Å². The lowest BCUT2D eigenvalue weighted by Crippen LogP contribution is -2.36. The summed E-state index contributed by atoms with van der Waals surface area (Å²) in [4.78, 5) is 11.6. The first kappa shape index (κ1) is 15.4. The Morgan fingerprint density at radius 3 is 2.53 bits per heavy atom. The van der Waals surface area contributed by atoms with E-state index in [0.29, 0.717) is 15.7 Å². The van der Waals surface area contributed by atoms with Crippen LogP contribution in [-0.4, -0.2) is 23.6 Å². The van der Waals surface area contributed by atoms with E-state index >= 15 is 0 Å². The molecule has 19 heavy (non-hydrogen) atoms. The lowest BCUT2D eigenvalue weighted by molar-refractivity contribution is 0.251. The van der Waals surface area contributed by atoms with Crippen molar-refractivity contribution in [3.63, 3.8) is 0 Å². The van der Waals surface area contributed by atoms with Gasteiger partial charge in [-0.2, -0.15) is 0 Å². The third-order valence-electron chi connectivity index (χ3n) is 2.31. The molecule has 6 nitrogen and oxygen atoms in total. The molecule has 1 aromatic carbocycles. The van der Waals surface area contributed by atoms with Gasteiger partial charge in [-0.05, 0) is 18.2 Å². The number of carbonyl (C=O) groups is 1. The molecular weight excluding hydrogens is 291 g/mol. The van der Waals surface area contributed by atoms with E-state index in [-0.39, 0.29) is 18.3 Å². The van der Waals surface area contributed by atoms with E-state index in [9.17, 15) is 4.79 Å². The Hall–Kier alpha value is -1.66. The van der Waals surface area contributed by atoms with Crippen molar-refractivity contribution in [2.45, 2.75) is 6.92 Å². The van der Waals surface area contributed by atoms with Crippen molar-refractivity contribution < 1.29 is 10.0 Å². The molecule has 0 aliphatic carbocycles. The number of nitrogens with zero attached hydrogens (tertiary/aromatic N) is 1. The molecule has 0 aliphatic heterocycles. The van der Waals surface area contributed by atoms with Gasteiger partial charge in [0.25, 0.3) is 0 Å². The van der Waals surface area contributed by atoms with Crippen LogP contribution in [0.5, 0.6) is 0 Å². The molecule has 0 radical (unpaired) electrons. The van der Waals surface area contributed by atoms with Crippen LogP contribution in [0.1, 0.15) is 6.92 Å². The predicted octanol–water partition coefficient (Wildman–Crippen LogP) is 2.50. The van der Waals surface area contributed by atoms with Crippen LogP contribution in [0.4, 0.5) is 10.5 Å². The number of nitrogens with one attached hydrogen (secondary N) is 2. The Morgan fingerprint density at radius 2 is 2.00 bits per heavy atom. The highest BCUT2D eigenvalue weighted by Gasteiger charge is 2.10. The molecule has 5 N–H and O–H groups in total. The largest absolute Gasteiger partial charge is 0.409 e. The Balaban J connectivity index is 2.51. The highest BCUT2D eigenvalue weighted by Crippen LogP contribution is 2.22. The van der Waals surface area contributed by atoms with Gasteiger partial charge in [-0.1, -0.05) is 35.3 Å². The normalized spacial score (nSPS) is 12.9. The number of rotatable bonds is 4. The zero-order valence-corrected chi connectivity index (χ0v) is 11.7. The van der Waals surface area contributed by atoms with Crippen LogP contribution >= 0.6 is 23.2 Å². The van der Waals surface area contributed by atoms with E-state index in [1.807, 2.05) is 0 Å². The van der Waals surface area contributed by atoms with Crippen molar-refractivity contribution in [3.05, 3.63) is 28.2 Å². The lowest BCUT2D eigenvalue weighted by atomic mass is 10.1. The van der Waals surface area contributed by atoms with Gasteiger partial charge < -0.3 is 21.6 Å². The maximum atomic E-state index is 11.6. The molecular formula is C11H14Cl2N4O2. The highest BCUT2D eigenvalue weighted by molar-refractivity contribution is 6.35. The molecule has 0 spiro atoms. The van der Waals surface area contributed by atoms with Crippen molar-refractivity contribution in [1.82, 2.24) is 5.32 Å². The van der Waals surface area contributed by atoms with Gasteiger partial charge in [-0.3, -0.25) is 0 Å².